The first-order chi connectivity index (χ1) is 12.2. The van der Waals surface area contributed by atoms with Gasteiger partial charge in [0.15, 0.2) is 0 Å². The predicted octanol–water partition coefficient (Wildman–Crippen LogP) is 2.54. The van der Waals surface area contributed by atoms with Crippen molar-refractivity contribution in [1.82, 2.24) is 14.1 Å². The Hall–Kier alpha value is -1.61. The van der Waals surface area contributed by atoms with Gasteiger partial charge in [-0.15, -0.1) is 0 Å². The second-order valence-electron chi connectivity index (χ2n) is 5.90. The van der Waals surface area contributed by atoms with Gasteiger partial charge in [-0.1, -0.05) is 11.6 Å². The minimum Gasteiger partial charge on any atom is -0.495 e. The van der Waals surface area contributed by atoms with Crippen LogP contribution in [0.25, 0.3) is 0 Å². The summed E-state index contributed by atoms with van der Waals surface area (Å²) >= 11 is 6.11. The van der Waals surface area contributed by atoms with Crippen molar-refractivity contribution < 1.29 is 17.9 Å². The minimum absolute atomic E-state index is 0.110. The highest BCUT2D eigenvalue weighted by Gasteiger charge is 2.27. The van der Waals surface area contributed by atoms with Crippen molar-refractivity contribution in [3.8, 4) is 5.75 Å². The lowest BCUT2D eigenvalue weighted by Crippen LogP contribution is -2.34. The Morgan fingerprint density at radius 3 is 2.46 bits per heavy atom. The second kappa shape index (κ2) is 8.39. The molecule has 2 aromatic rings. The highest BCUT2D eigenvalue weighted by atomic mass is 35.5. The van der Waals surface area contributed by atoms with Crippen LogP contribution in [0.2, 0.25) is 5.02 Å². The van der Waals surface area contributed by atoms with E-state index in [1.54, 1.807) is 10.7 Å². The van der Waals surface area contributed by atoms with Gasteiger partial charge in [-0.2, -0.15) is 9.40 Å². The van der Waals surface area contributed by atoms with Crippen molar-refractivity contribution in [2.45, 2.75) is 25.3 Å². The van der Waals surface area contributed by atoms with E-state index in [1.165, 1.54) is 30.7 Å². The number of nitrogens with zero attached hydrogens (tertiary/aromatic N) is 3. The average molecular weight is 402 g/mol. The summed E-state index contributed by atoms with van der Waals surface area (Å²) in [5.74, 6) is 0.424. The Balaban J connectivity index is 2.42. The van der Waals surface area contributed by atoms with E-state index in [1.807, 2.05) is 20.9 Å². The molecule has 2 rings (SSSR count). The van der Waals surface area contributed by atoms with Gasteiger partial charge in [0, 0.05) is 38.5 Å². The number of ether oxygens (including phenoxy) is 2. The Morgan fingerprint density at radius 1 is 1.27 bits per heavy atom. The quantitative estimate of drug-likeness (QED) is 0.679. The van der Waals surface area contributed by atoms with Gasteiger partial charge in [0.25, 0.3) is 0 Å². The molecule has 0 aliphatic heterocycles. The Bertz CT molecular complexity index is 880. The number of aryl methyl sites for hydroxylation is 2. The third-order valence-electron chi connectivity index (χ3n) is 4.30. The molecule has 1 aromatic heterocycles. The van der Waals surface area contributed by atoms with E-state index in [2.05, 4.69) is 5.10 Å². The smallest absolute Gasteiger partial charge is 0.243 e. The third-order valence-corrected chi connectivity index (χ3v) is 6.44. The number of hydrogen-bond donors (Lipinski definition) is 0. The molecule has 0 aliphatic rings. The first-order valence-electron chi connectivity index (χ1n) is 8.04. The van der Waals surface area contributed by atoms with E-state index in [0.29, 0.717) is 5.75 Å². The number of sulfonamides is 1. The van der Waals surface area contributed by atoms with Crippen molar-refractivity contribution in [3.05, 3.63) is 40.2 Å². The summed E-state index contributed by atoms with van der Waals surface area (Å²) in [6, 6.07) is 4.44. The summed E-state index contributed by atoms with van der Waals surface area (Å²) in [7, 11) is 1.09. The van der Waals surface area contributed by atoms with Crippen molar-refractivity contribution in [2.75, 3.05) is 27.4 Å². The Morgan fingerprint density at radius 2 is 1.96 bits per heavy atom. The number of aromatic nitrogens is 2. The normalized spacial score (nSPS) is 12.0. The first kappa shape index (κ1) is 20.7. The molecule has 0 saturated carbocycles. The molecule has 0 amide bonds. The molecule has 0 saturated heterocycles. The summed E-state index contributed by atoms with van der Waals surface area (Å²) in [6.07, 6.45) is 0. The van der Waals surface area contributed by atoms with Gasteiger partial charge >= 0.3 is 0 Å². The fraction of sp³-hybridized carbons (Fsp3) is 0.471. The lowest BCUT2D eigenvalue weighted by molar-refractivity contribution is 0.177. The molecule has 1 aromatic carbocycles. The summed E-state index contributed by atoms with van der Waals surface area (Å²) in [6.45, 7) is 4.49. The van der Waals surface area contributed by atoms with Gasteiger partial charge in [-0.25, -0.2) is 8.42 Å². The molecule has 0 radical (unpaired) electrons. The topological polar surface area (TPSA) is 73.7 Å². The van der Waals surface area contributed by atoms with Crippen LogP contribution in [0, 0.1) is 13.8 Å². The van der Waals surface area contributed by atoms with Gasteiger partial charge in [0.05, 0.1) is 29.3 Å². The van der Waals surface area contributed by atoms with Crippen molar-refractivity contribution in [1.29, 1.82) is 0 Å². The number of methoxy groups -OCH3 is 2. The average Bonchev–Trinajstić information content (AvgIpc) is 2.83. The highest BCUT2D eigenvalue weighted by Crippen LogP contribution is 2.29. The van der Waals surface area contributed by atoms with Gasteiger partial charge in [0.1, 0.15) is 5.75 Å². The molecule has 9 heteroatoms. The molecule has 7 nitrogen and oxygen atoms in total. The lowest BCUT2D eigenvalue weighted by atomic mass is 10.2. The Labute approximate surface area is 159 Å². The van der Waals surface area contributed by atoms with Crippen LogP contribution in [0.5, 0.6) is 5.75 Å². The minimum atomic E-state index is -3.77. The SMILES string of the molecule is COCCN(Cc1c(C)nn(C)c1C)S(=O)(=O)c1ccc(OC)c(Cl)c1. The van der Waals surface area contributed by atoms with E-state index >= 15 is 0 Å². The summed E-state index contributed by atoms with van der Waals surface area (Å²) in [4.78, 5) is 0.110. The summed E-state index contributed by atoms with van der Waals surface area (Å²) in [5, 5.41) is 4.61. The fourth-order valence-corrected chi connectivity index (χ4v) is 4.40. The van der Waals surface area contributed by atoms with Crippen LogP contribution in [-0.2, 0) is 28.4 Å². The molecule has 26 heavy (non-hydrogen) atoms. The largest absolute Gasteiger partial charge is 0.495 e. The van der Waals surface area contributed by atoms with Crippen LogP contribution in [-0.4, -0.2) is 49.9 Å². The Kier molecular flexibility index (Phi) is 6.68. The first-order valence-corrected chi connectivity index (χ1v) is 9.85. The maximum Gasteiger partial charge on any atom is 0.243 e. The molecule has 0 N–H and O–H groups in total. The monoisotopic (exact) mass is 401 g/mol. The van der Waals surface area contributed by atoms with E-state index < -0.39 is 10.0 Å². The third kappa shape index (κ3) is 4.20. The van der Waals surface area contributed by atoms with Crippen molar-refractivity contribution in [2.24, 2.45) is 7.05 Å². The summed E-state index contributed by atoms with van der Waals surface area (Å²) in [5.41, 5.74) is 2.61. The fourth-order valence-electron chi connectivity index (χ4n) is 2.66. The van der Waals surface area contributed by atoms with Gasteiger partial charge in [-0.05, 0) is 32.0 Å². The molecule has 144 valence electrons. The predicted molar refractivity (Wildman–Crippen MR) is 100 cm³/mol. The van der Waals surface area contributed by atoms with E-state index in [-0.39, 0.29) is 29.6 Å². The van der Waals surface area contributed by atoms with Crippen LogP contribution in [0.4, 0.5) is 0 Å². The molecule has 0 bridgehead atoms. The van der Waals surface area contributed by atoms with Crippen LogP contribution in [0.3, 0.4) is 0 Å². The zero-order valence-electron chi connectivity index (χ0n) is 15.6. The molecule has 0 fully saturated rings. The standard InChI is InChI=1S/C17H24ClN3O4S/c1-12-15(13(2)20(3)19-12)11-21(8-9-24-4)26(22,23)14-6-7-17(25-5)16(18)10-14/h6-7,10H,8-9,11H2,1-5H3. The lowest BCUT2D eigenvalue weighted by Gasteiger charge is -2.22. The van der Waals surface area contributed by atoms with Crippen molar-refractivity contribution in [3.63, 3.8) is 0 Å². The van der Waals surface area contributed by atoms with Crippen LogP contribution in [0.1, 0.15) is 17.0 Å². The number of benzene rings is 1. The molecule has 0 aliphatic carbocycles. The number of rotatable bonds is 8. The zero-order valence-corrected chi connectivity index (χ0v) is 17.2. The number of halogens is 1. The molecule has 0 spiro atoms. The zero-order chi connectivity index (χ0) is 19.5. The second-order valence-corrected chi connectivity index (χ2v) is 8.25. The molecular formula is C17H24ClN3O4S. The van der Waals surface area contributed by atoms with E-state index in [0.717, 1.165) is 17.0 Å². The van der Waals surface area contributed by atoms with Gasteiger partial charge < -0.3 is 9.47 Å². The maximum absolute atomic E-state index is 13.2. The highest BCUT2D eigenvalue weighted by molar-refractivity contribution is 7.89. The van der Waals surface area contributed by atoms with Gasteiger partial charge in [-0.3, -0.25) is 4.68 Å². The van der Waals surface area contributed by atoms with Crippen LogP contribution < -0.4 is 4.74 Å². The molecular weight excluding hydrogens is 378 g/mol. The molecule has 0 atom stereocenters. The number of hydrogen-bond acceptors (Lipinski definition) is 5. The van der Waals surface area contributed by atoms with E-state index in [9.17, 15) is 8.42 Å². The molecule has 0 unspecified atom stereocenters. The van der Waals surface area contributed by atoms with E-state index in [4.69, 9.17) is 21.1 Å². The van der Waals surface area contributed by atoms with Crippen molar-refractivity contribution >= 4 is 21.6 Å². The van der Waals surface area contributed by atoms with Crippen LogP contribution in [0.15, 0.2) is 23.1 Å². The van der Waals surface area contributed by atoms with Crippen LogP contribution >= 0.6 is 11.6 Å². The van der Waals surface area contributed by atoms with Gasteiger partial charge in [0.2, 0.25) is 10.0 Å². The molecule has 1 heterocycles. The maximum atomic E-state index is 13.2. The summed E-state index contributed by atoms with van der Waals surface area (Å²) < 4.78 is 39.7.